The third-order valence-corrected chi connectivity index (χ3v) is 12.1. The summed E-state index contributed by atoms with van der Waals surface area (Å²) in [5, 5.41) is 7.44. The van der Waals surface area contributed by atoms with Crippen LogP contribution in [0, 0.1) is 0 Å². The summed E-state index contributed by atoms with van der Waals surface area (Å²) < 4.78 is 0. The van der Waals surface area contributed by atoms with Crippen LogP contribution in [-0.4, -0.2) is 0 Å². The first-order valence-corrected chi connectivity index (χ1v) is 21.0. The number of anilines is 3. The van der Waals surface area contributed by atoms with E-state index in [-0.39, 0.29) is 0 Å². The number of benzene rings is 11. The lowest BCUT2D eigenvalue weighted by molar-refractivity contribution is 1.30. The van der Waals surface area contributed by atoms with Crippen molar-refractivity contribution >= 4 is 49.4 Å². The van der Waals surface area contributed by atoms with Crippen molar-refractivity contribution in [2.24, 2.45) is 0 Å². The van der Waals surface area contributed by atoms with Crippen LogP contribution in [0.5, 0.6) is 0 Å². The van der Waals surface area contributed by atoms with Gasteiger partial charge in [0.1, 0.15) is 0 Å². The van der Waals surface area contributed by atoms with Crippen LogP contribution in [0.15, 0.2) is 249 Å². The molecular formula is C60H41N. The molecule has 0 saturated carbocycles. The fourth-order valence-corrected chi connectivity index (χ4v) is 8.93. The zero-order valence-electron chi connectivity index (χ0n) is 33.6. The Labute approximate surface area is 357 Å². The van der Waals surface area contributed by atoms with Crippen molar-refractivity contribution in [1.82, 2.24) is 0 Å². The van der Waals surface area contributed by atoms with E-state index in [0.29, 0.717) is 0 Å². The molecule has 11 aromatic rings. The van der Waals surface area contributed by atoms with Gasteiger partial charge >= 0.3 is 0 Å². The third kappa shape index (κ3) is 6.93. The Morgan fingerprint density at radius 1 is 0.213 bits per heavy atom. The number of hydrogen-bond donors (Lipinski definition) is 0. The number of fused-ring (bicyclic) bond motifs is 4. The maximum absolute atomic E-state index is 2.41. The largest absolute Gasteiger partial charge is 0.310 e. The predicted octanol–water partition coefficient (Wildman–Crippen LogP) is 17.0. The Kier molecular flexibility index (Phi) is 9.26. The van der Waals surface area contributed by atoms with Crippen molar-refractivity contribution in [3.05, 3.63) is 249 Å². The first-order valence-electron chi connectivity index (χ1n) is 21.0. The van der Waals surface area contributed by atoms with Gasteiger partial charge in [-0.3, -0.25) is 0 Å². The van der Waals surface area contributed by atoms with Crippen molar-refractivity contribution in [2.45, 2.75) is 0 Å². The van der Waals surface area contributed by atoms with Crippen LogP contribution in [0.3, 0.4) is 0 Å². The molecule has 0 N–H and O–H groups in total. The summed E-state index contributed by atoms with van der Waals surface area (Å²) in [5.74, 6) is 0. The third-order valence-electron chi connectivity index (χ3n) is 12.1. The fourth-order valence-electron chi connectivity index (χ4n) is 8.93. The van der Waals surface area contributed by atoms with Crippen LogP contribution in [0.1, 0.15) is 0 Å². The Hall–Kier alpha value is -8.00. The molecule has 0 fully saturated rings. The van der Waals surface area contributed by atoms with Gasteiger partial charge in [-0.2, -0.15) is 0 Å². The summed E-state index contributed by atoms with van der Waals surface area (Å²) in [6.07, 6.45) is 0. The molecule has 1 nitrogen and oxygen atoms in total. The van der Waals surface area contributed by atoms with Gasteiger partial charge in [0.05, 0.1) is 5.69 Å². The average Bonchev–Trinajstić information content (AvgIpc) is 3.35. The van der Waals surface area contributed by atoms with E-state index < -0.39 is 0 Å². The van der Waals surface area contributed by atoms with Gasteiger partial charge in [-0.05, 0) is 125 Å². The quantitative estimate of drug-likeness (QED) is 0.139. The molecule has 11 aromatic carbocycles. The summed E-state index contributed by atoms with van der Waals surface area (Å²) in [7, 11) is 0. The Morgan fingerprint density at radius 3 is 1.31 bits per heavy atom. The SMILES string of the molecule is c1ccc(-c2ccc(-c3ccccc3)c(-c3ccc(-c4ccc(N(c5ccc(-c6ccc7ccccc7c6)cc5)c5cc6ccccc6c6ccccc56)cc4)cc3)c2)cc1. The molecular weight excluding hydrogens is 735 g/mol. The van der Waals surface area contributed by atoms with Crippen LogP contribution in [0.25, 0.3) is 88.0 Å². The maximum atomic E-state index is 2.41. The van der Waals surface area contributed by atoms with E-state index in [1.54, 1.807) is 0 Å². The van der Waals surface area contributed by atoms with Crippen molar-refractivity contribution in [3.8, 4) is 55.6 Å². The summed E-state index contributed by atoms with van der Waals surface area (Å²) in [4.78, 5) is 2.41. The normalized spacial score (nSPS) is 11.3. The molecule has 286 valence electrons. The van der Waals surface area contributed by atoms with Crippen molar-refractivity contribution < 1.29 is 0 Å². The first kappa shape index (κ1) is 36.1. The zero-order valence-corrected chi connectivity index (χ0v) is 33.6. The van der Waals surface area contributed by atoms with E-state index in [1.807, 2.05) is 0 Å². The summed E-state index contributed by atoms with van der Waals surface area (Å²) in [6.45, 7) is 0. The molecule has 0 atom stereocenters. The molecule has 0 amide bonds. The van der Waals surface area contributed by atoms with E-state index in [1.165, 1.54) is 88.0 Å². The smallest absolute Gasteiger partial charge is 0.0546 e. The van der Waals surface area contributed by atoms with Gasteiger partial charge in [-0.1, -0.05) is 206 Å². The van der Waals surface area contributed by atoms with Crippen molar-refractivity contribution in [1.29, 1.82) is 0 Å². The minimum absolute atomic E-state index is 1.10. The van der Waals surface area contributed by atoms with E-state index in [9.17, 15) is 0 Å². The van der Waals surface area contributed by atoms with Crippen LogP contribution in [-0.2, 0) is 0 Å². The maximum Gasteiger partial charge on any atom is 0.0546 e. The second-order valence-corrected chi connectivity index (χ2v) is 15.7. The minimum atomic E-state index is 1.10. The molecule has 0 aliphatic carbocycles. The van der Waals surface area contributed by atoms with E-state index >= 15 is 0 Å². The predicted molar refractivity (Wildman–Crippen MR) is 261 cm³/mol. The van der Waals surface area contributed by atoms with Gasteiger partial charge in [0.25, 0.3) is 0 Å². The molecule has 0 bridgehead atoms. The van der Waals surface area contributed by atoms with Crippen molar-refractivity contribution in [3.63, 3.8) is 0 Å². The summed E-state index contributed by atoms with van der Waals surface area (Å²) in [5.41, 5.74) is 15.4. The molecule has 61 heavy (non-hydrogen) atoms. The number of hydrogen-bond acceptors (Lipinski definition) is 1. The van der Waals surface area contributed by atoms with E-state index in [4.69, 9.17) is 0 Å². The van der Waals surface area contributed by atoms with Gasteiger partial charge in [0.2, 0.25) is 0 Å². The van der Waals surface area contributed by atoms with Crippen LogP contribution < -0.4 is 4.90 Å². The van der Waals surface area contributed by atoms with Crippen LogP contribution in [0.2, 0.25) is 0 Å². The molecule has 0 unspecified atom stereocenters. The second-order valence-electron chi connectivity index (χ2n) is 15.7. The molecule has 0 saturated heterocycles. The van der Waals surface area contributed by atoms with Gasteiger partial charge < -0.3 is 4.90 Å². The second kappa shape index (κ2) is 15.6. The topological polar surface area (TPSA) is 3.24 Å². The summed E-state index contributed by atoms with van der Waals surface area (Å²) in [6, 6.07) is 90.4. The molecule has 11 rings (SSSR count). The first-order chi connectivity index (χ1) is 30.2. The Morgan fingerprint density at radius 2 is 0.639 bits per heavy atom. The number of nitrogens with zero attached hydrogens (tertiary/aromatic N) is 1. The van der Waals surface area contributed by atoms with Crippen LogP contribution >= 0.6 is 0 Å². The molecule has 0 radical (unpaired) electrons. The Balaban J connectivity index is 0.976. The van der Waals surface area contributed by atoms with Crippen LogP contribution in [0.4, 0.5) is 17.1 Å². The van der Waals surface area contributed by atoms with E-state index in [0.717, 1.165) is 17.1 Å². The molecule has 0 aliphatic heterocycles. The minimum Gasteiger partial charge on any atom is -0.310 e. The monoisotopic (exact) mass is 775 g/mol. The highest BCUT2D eigenvalue weighted by atomic mass is 15.1. The fraction of sp³-hybridized carbons (Fsp3) is 0. The molecule has 0 aliphatic rings. The Bertz CT molecular complexity index is 3310. The standard InChI is InChI=1S/C60H41N/c1-3-13-42(14-4-1)51-33-38-56(47-16-5-2-6-17-47)59(40-51)48-26-23-44(24-27-48)45-29-34-53(35-30-45)61(60-41-52-19-9-10-20-55(52)57-21-11-12-22-58(57)60)54-36-31-46(32-37-54)50-28-25-43-15-7-8-18-49(43)39-50/h1-41H. The van der Waals surface area contributed by atoms with Crippen molar-refractivity contribution in [2.75, 3.05) is 4.90 Å². The molecule has 0 spiro atoms. The summed E-state index contributed by atoms with van der Waals surface area (Å²) >= 11 is 0. The number of rotatable bonds is 8. The molecule has 0 heterocycles. The van der Waals surface area contributed by atoms with E-state index in [2.05, 4.69) is 254 Å². The molecule has 1 heteroatoms. The van der Waals surface area contributed by atoms with Gasteiger partial charge in [0, 0.05) is 16.8 Å². The lowest BCUT2D eigenvalue weighted by Crippen LogP contribution is -2.10. The van der Waals surface area contributed by atoms with Gasteiger partial charge in [-0.25, -0.2) is 0 Å². The highest BCUT2D eigenvalue weighted by Gasteiger charge is 2.18. The molecule has 0 aromatic heterocycles. The zero-order chi connectivity index (χ0) is 40.5. The average molecular weight is 776 g/mol. The lowest BCUT2D eigenvalue weighted by atomic mass is 9.90. The lowest BCUT2D eigenvalue weighted by Gasteiger charge is -2.28. The highest BCUT2D eigenvalue weighted by Crippen LogP contribution is 2.43. The highest BCUT2D eigenvalue weighted by molar-refractivity contribution is 6.14. The van der Waals surface area contributed by atoms with Gasteiger partial charge in [-0.15, -0.1) is 0 Å². The van der Waals surface area contributed by atoms with Gasteiger partial charge in [0.15, 0.2) is 0 Å².